The van der Waals surface area contributed by atoms with Gasteiger partial charge in [-0.15, -0.1) is 11.3 Å². The third-order valence-corrected chi connectivity index (χ3v) is 3.46. The predicted molar refractivity (Wildman–Crippen MR) is 78.7 cm³/mol. The number of nitrogen functional groups attached to an aromatic ring is 1. The summed E-state index contributed by atoms with van der Waals surface area (Å²) in [5.41, 5.74) is 7.40. The first-order chi connectivity index (χ1) is 9.63. The lowest BCUT2D eigenvalue weighted by molar-refractivity contribution is -0.148. The molecule has 5 nitrogen and oxygen atoms in total. The van der Waals surface area contributed by atoms with Gasteiger partial charge < -0.3 is 15.2 Å². The highest BCUT2D eigenvalue weighted by Crippen LogP contribution is 2.25. The van der Waals surface area contributed by atoms with Gasteiger partial charge in [-0.05, 0) is 30.7 Å². The monoisotopic (exact) mass is 292 g/mol. The van der Waals surface area contributed by atoms with Gasteiger partial charge in [0.15, 0.2) is 11.2 Å². The van der Waals surface area contributed by atoms with E-state index in [1.165, 1.54) is 18.4 Å². The molecular weight excluding hydrogens is 276 g/mol. The molecule has 0 saturated heterocycles. The van der Waals surface area contributed by atoms with Crippen LogP contribution in [-0.2, 0) is 9.53 Å². The molecule has 2 N–H and O–H groups in total. The van der Waals surface area contributed by atoms with Crippen LogP contribution in [0.15, 0.2) is 29.6 Å². The van der Waals surface area contributed by atoms with E-state index in [1.54, 1.807) is 12.1 Å². The smallest absolute Gasteiger partial charge is 0.347 e. The van der Waals surface area contributed by atoms with E-state index < -0.39 is 6.10 Å². The van der Waals surface area contributed by atoms with Crippen LogP contribution in [0.4, 0.5) is 5.13 Å². The quantitative estimate of drug-likeness (QED) is 0.858. The van der Waals surface area contributed by atoms with Crippen molar-refractivity contribution in [2.24, 2.45) is 0 Å². The maximum absolute atomic E-state index is 11.5. The zero-order chi connectivity index (χ0) is 14.5. The average Bonchev–Trinajstić information content (AvgIpc) is 2.91. The Balaban J connectivity index is 2.10. The van der Waals surface area contributed by atoms with Crippen LogP contribution in [0.5, 0.6) is 5.75 Å². The fourth-order valence-electron chi connectivity index (χ4n) is 1.72. The molecule has 20 heavy (non-hydrogen) atoms. The molecule has 0 amide bonds. The minimum atomic E-state index is -0.583. The Bertz CT molecular complexity index is 580. The molecule has 1 aromatic carbocycles. The number of hydrogen-bond acceptors (Lipinski definition) is 6. The molecule has 0 bridgehead atoms. The van der Waals surface area contributed by atoms with Gasteiger partial charge in [0, 0.05) is 10.9 Å². The van der Waals surface area contributed by atoms with Crippen LogP contribution in [0.3, 0.4) is 0 Å². The molecule has 0 radical (unpaired) electrons. The van der Waals surface area contributed by atoms with Crippen molar-refractivity contribution in [3.05, 3.63) is 29.6 Å². The normalized spacial score (nSPS) is 11.9. The molecule has 106 valence electrons. The molecule has 0 spiro atoms. The standard InChI is InChI=1S/C14H16N2O3S/c1-3-12(13(17)18-2)19-10-6-4-9(5-7-10)11-8-20-14(15)16-11/h4-8,12H,3H2,1-2H3,(H2,15,16). The number of rotatable bonds is 5. The summed E-state index contributed by atoms with van der Waals surface area (Å²) >= 11 is 1.40. The van der Waals surface area contributed by atoms with E-state index in [0.717, 1.165) is 11.3 Å². The number of nitrogens with two attached hydrogens (primary N) is 1. The topological polar surface area (TPSA) is 74.4 Å². The lowest BCUT2D eigenvalue weighted by Gasteiger charge is -2.15. The molecule has 6 heteroatoms. The fraction of sp³-hybridized carbons (Fsp3) is 0.286. The minimum Gasteiger partial charge on any atom is -0.479 e. The van der Waals surface area contributed by atoms with Gasteiger partial charge in [-0.3, -0.25) is 0 Å². The second-order valence-electron chi connectivity index (χ2n) is 4.13. The van der Waals surface area contributed by atoms with Crippen LogP contribution in [0.2, 0.25) is 0 Å². The molecule has 0 saturated carbocycles. The lowest BCUT2D eigenvalue weighted by Crippen LogP contribution is -2.27. The van der Waals surface area contributed by atoms with Crippen molar-refractivity contribution >= 4 is 22.4 Å². The van der Waals surface area contributed by atoms with Crippen LogP contribution in [0.1, 0.15) is 13.3 Å². The van der Waals surface area contributed by atoms with Crippen LogP contribution in [0.25, 0.3) is 11.3 Å². The summed E-state index contributed by atoms with van der Waals surface area (Å²) < 4.78 is 10.3. The first-order valence-electron chi connectivity index (χ1n) is 6.20. The lowest BCUT2D eigenvalue weighted by atomic mass is 10.1. The molecule has 1 aromatic heterocycles. The molecule has 2 aromatic rings. The molecule has 2 rings (SSSR count). The van der Waals surface area contributed by atoms with E-state index in [-0.39, 0.29) is 5.97 Å². The van der Waals surface area contributed by atoms with Crippen molar-refractivity contribution in [3.63, 3.8) is 0 Å². The van der Waals surface area contributed by atoms with Crippen LogP contribution in [0, 0.1) is 0 Å². The van der Waals surface area contributed by atoms with Gasteiger partial charge in [0.05, 0.1) is 12.8 Å². The summed E-state index contributed by atoms with van der Waals surface area (Å²) in [6, 6.07) is 7.37. The van der Waals surface area contributed by atoms with Crippen LogP contribution < -0.4 is 10.5 Å². The van der Waals surface area contributed by atoms with Crippen molar-refractivity contribution in [3.8, 4) is 17.0 Å². The van der Waals surface area contributed by atoms with E-state index in [9.17, 15) is 4.79 Å². The summed E-state index contributed by atoms with van der Waals surface area (Å²) in [5, 5.41) is 2.44. The largest absolute Gasteiger partial charge is 0.479 e. The van der Waals surface area contributed by atoms with E-state index in [1.807, 2.05) is 24.4 Å². The summed E-state index contributed by atoms with van der Waals surface area (Å²) in [4.78, 5) is 15.7. The van der Waals surface area contributed by atoms with Crippen molar-refractivity contribution < 1.29 is 14.3 Å². The van der Waals surface area contributed by atoms with Crippen LogP contribution >= 0.6 is 11.3 Å². The van der Waals surface area contributed by atoms with Gasteiger partial charge in [0.25, 0.3) is 0 Å². The van der Waals surface area contributed by atoms with E-state index >= 15 is 0 Å². The Labute approximate surface area is 121 Å². The number of ether oxygens (including phenoxy) is 2. The number of anilines is 1. The Morgan fingerprint density at radius 2 is 2.10 bits per heavy atom. The van der Waals surface area contributed by atoms with Crippen molar-refractivity contribution in [2.75, 3.05) is 12.8 Å². The molecule has 0 fully saturated rings. The number of carbonyl (C=O) groups is 1. The number of nitrogens with zero attached hydrogens (tertiary/aromatic N) is 1. The molecule has 0 aliphatic carbocycles. The summed E-state index contributed by atoms with van der Waals surface area (Å²) in [6.45, 7) is 1.87. The van der Waals surface area contributed by atoms with Gasteiger partial charge in [-0.2, -0.15) is 0 Å². The summed E-state index contributed by atoms with van der Waals surface area (Å²) in [6.07, 6.45) is -0.0300. The predicted octanol–water partition coefficient (Wildman–Crippen LogP) is 2.72. The Hall–Kier alpha value is -2.08. The highest BCUT2D eigenvalue weighted by Gasteiger charge is 2.18. The van der Waals surface area contributed by atoms with Crippen LogP contribution in [-0.4, -0.2) is 24.2 Å². The zero-order valence-corrected chi connectivity index (χ0v) is 12.1. The van der Waals surface area contributed by atoms with Crippen molar-refractivity contribution in [2.45, 2.75) is 19.4 Å². The SMILES string of the molecule is CCC(Oc1ccc(-c2csc(N)n2)cc1)C(=O)OC. The number of benzene rings is 1. The highest BCUT2D eigenvalue weighted by atomic mass is 32.1. The maximum atomic E-state index is 11.5. The number of aromatic nitrogens is 1. The molecular formula is C14H16N2O3S. The average molecular weight is 292 g/mol. The van der Waals surface area contributed by atoms with Gasteiger partial charge in [-0.25, -0.2) is 9.78 Å². The van der Waals surface area contributed by atoms with E-state index in [4.69, 9.17) is 10.5 Å². The second kappa shape index (κ2) is 6.38. The first-order valence-corrected chi connectivity index (χ1v) is 7.08. The van der Waals surface area contributed by atoms with E-state index in [2.05, 4.69) is 9.72 Å². The Morgan fingerprint density at radius 3 is 2.60 bits per heavy atom. The summed E-state index contributed by atoms with van der Waals surface area (Å²) in [7, 11) is 1.35. The van der Waals surface area contributed by atoms with Gasteiger partial charge in [-0.1, -0.05) is 6.92 Å². The number of thiazole rings is 1. The number of methoxy groups -OCH3 is 1. The Kier molecular flexibility index (Phi) is 4.57. The molecule has 0 aliphatic rings. The molecule has 1 atom stereocenters. The number of esters is 1. The molecule has 0 aliphatic heterocycles. The maximum Gasteiger partial charge on any atom is 0.347 e. The van der Waals surface area contributed by atoms with E-state index in [0.29, 0.717) is 17.3 Å². The number of carbonyl (C=O) groups excluding carboxylic acids is 1. The summed E-state index contributed by atoms with van der Waals surface area (Å²) in [5.74, 6) is 0.248. The third-order valence-electron chi connectivity index (χ3n) is 2.79. The number of hydrogen-bond donors (Lipinski definition) is 1. The highest BCUT2D eigenvalue weighted by molar-refractivity contribution is 7.13. The van der Waals surface area contributed by atoms with Gasteiger partial charge in [0.2, 0.25) is 0 Å². The zero-order valence-electron chi connectivity index (χ0n) is 11.3. The van der Waals surface area contributed by atoms with Gasteiger partial charge in [0.1, 0.15) is 5.75 Å². The molecule has 1 unspecified atom stereocenters. The molecule has 1 heterocycles. The fourth-order valence-corrected chi connectivity index (χ4v) is 2.29. The minimum absolute atomic E-state index is 0.371. The third kappa shape index (κ3) is 3.27. The Morgan fingerprint density at radius 1 is 1.40 bits per heavy atom. The van der Waals surface area contributed by atoms with Crippen molar-refractivity contribution in [1.82, 2.24) is 4.98 Å². The second-order valence-corrected chi connectivity index (χ2v) is 5.02. The van der Waals surface area contributed by atoms with Crippen molar-refractivity contribution in [1.29, 1.82) is 0 Å². The van der Waals surface area contributed by atoms with Gasteiger partial charge >= 0.3 is 5.97 Å². The first kappa shape index (κ1) is 14.3.